The van der Waals surface area contributed by atoms with Crippen molar-refractivity contribution in [2.75, 3.05) is 13.1 Å². The van der Waals surface area contributed by atoms with Gasteiger partial charge in [0.15, 0.2) is 0 Å². The van der Waals surface area contributed by atoms with E-state index in [-0.39, 0.29) is 5.91 Å². The highest BCUT2D eigenvalue weighted by atomic mass is 16.2. The van der Waals surface area contributed by atoms with E-state index in [0.717, 1.165) is 36.3 Å². The van der Waals surface area contributed by atoms with Crippen molar-refractivity contribution in [1.29, 1.82) is 0 Å². The maximum Gasteiger partial charge on any atom is 0.226 e. The predicted octanol–water partition coefficient (Wildman–Crippen LogP) is 3.28. The maximum atomic E-state index is 12.4. The van der Waals surface area contributed by atoms with Gasteiger partial charge in [-0.25, -0.2) is 0 Å². The number of H-pyrrole nitrogens is 1. The Kier molecular flexibility index (Phi) is 3.51. The van der Waals surface area contributed by atoms with Crippen LogP contribution < -0.4 is 0 Å². The van der Waals surface area contributed by atoms with Gasteiger partial charge in [-0.2, -0.15) is 0 Å². The summed E-state index contributed by atoms with van der Waals surface area (Å²) >= 11 is 0. The van der Waals surface area contributed by atoms with Crippen molar-refractivity contribution in [1.82, 2.24) is 9.88 Å². The molecule has 0 radical (unpaired) electrons. The number of aromatic amines is 1. The lowest BCUT2D eigenvalue weighted by Gasteiger charge is -2.31. The lowest BCUT2D eigenvalue weighted by molar-refractivity contribution is -0.132. The van der Waals surface area contributed by atoms with Crippen LogP contribution in [0, 0.1) is 12.8 Å². The first-order valence-corrected chi connectivity index (χ1v) is 7.48. The lowest BCUT2D eigenvalue weighted by Crippen LogP contribution is -2.39. The second-order valence-electron chi connectivity index (χ2n) is 6.14. The highest BCUT2D eigenvalue weighted by molar-refractivity contribution is 5.84. The zero-order valence-corrected chi connectivity index (χ0v) is 12.3. The van der Waals surface area contributed by atoms with E-state index in [1.54, 1.807) is 0 Å². The molecule has 1 aliphatic rings. The van der Waals surface area contributed by atoms with E-state index in [4.69, 9.17) is 0 Å². The van der Waals surface area contributed by atoms with Gasteiger partial charge in [0.1, 0.15) is 0 Å². The Balaban J connectivity index is 1.73. The van der Waals surface area contributed by atoms with E-state index in [2.05, 4.69) is 43.1 Å². The molecule has 0 aliphatic carbocycles. The molecule has 106 valence electrons. The summed E-state index contributed by atoms with van der Waals surface area (Å²) in [6.45, 7) is 6.13. The summed E-state index contributed by atoms with van der Waals surface area (Å²) in [6, 6.07) is 8.39. The number of likely N-dealkylation sites (tertiary alicyclic amines) is 1. The Morgan fingerprint density at radius 1 is 1.40 bits per heavy atom. The molecule has 3 nitrogen and oxygen atoms in total. The molecule has 1 unspecified atom stereocenters. The summed E-state index contributed by atoms with van der Waals surface area (Å²) in [5, 5.41) is 1.19. The van der Waals surface area contributed by atoms with Crippen molar-refractivity contribution in [2.45, 2.75) is 33.1 Å². The van der Waals surface area contributed by atoms with E-state index in [1.807, 2.05) is 4.90 Å². The zero-order chi connectivity index (χ0) is 14.1. The van der Waals surface area contributed by atoms with Crippen molar-refractivity contribution >= 4 is 16.8 Å². The average Bonchev–Trinajstić information content (AvgIpc) is 2.78. The van der Waals surface area contributed by atoms with E-state index < -0.39 is 0 Å². The van der Waals surface area contributed by atoms with Crippen molar-refractivity contribution in [3.8, 4) is 0 Å². The van der Waals surface area contributed by atoms with Crippen LogP contribution >= 0.6 is 0 Å². The summed E-state index contributed by atoms with van der Waals surface area (Å²) in [5.74, 6) is 0.908. The van der Waals surface area contributed by atoms with Crippen LogP contribution in [-0.2, 0) is 11.2 Å². The van der Waals surface area contributed by atoms with Crippen molar-refractivity contribution in [3.63, 3.8) is 0 Å². The molecule has 1 aliphatic heterocycles. The fourth-order valence-electron chi connectivity index (χ4n) is 3.14. The lowest BCUT2D eigenvalue weighted by atomic mass is 9.99. The number of nitrogens with one attached hydrogen (secondary N) is 1. The van der Waals surface area contributed by atoms with Crippen LogP contribution in [0.3, 0.4) is 0 Å². The molecule has 3 heteroatoms. The predicted molar refractivity (Wildman–Crippen MR) is 81.7 cm³/mol. The number of rotatable bonds is 2. The first-order valence-electron chi connectivity index (χ1n) is 7.48. The summed E-state index contributed by atoms with van der Waals surface area (Å²) in [4.78, 5) is 17.7. The molecule has 1 saturated heterocycles. The largest absolute Gasteiger partial charge is 0.359 e. The fourth-order valence-corrected chi connectivity index (χ4v) is 3.14. The minimum Gasteiger partial charge on any atom is -0.359 e. The van der Waals surface area contributed by atoms with Crippen LogP contribution in [0.25, 0.3) is 10.9 Å². The maximum absolute atomic E-state index is 12.4. The van der Waals surface area contributed by atoms with Gasteiger partial charge in [0.25, 0.3) is 0 Å². The summed E-state index contributed by atoms with van der Waals surface area (Å²) in [7, 11) is 0. The normalized spacial score (nSPS) is 19.5. The third-order valence-corrected chi connectivity index (χ3v) is 4.18. The molecule has 3 rings (SSSR count). The average molecular weight is 270 g/mol. The Labute approximate surface area is 120 Å². The number of amides is 1. The Hall–Kier alpha value is -1.77. The fraction of sp³-hybridized carbons (Fsp3) is 0.471. The van der Waals surface area contributed by atoms with Gasteiger partial charge < -0.3 is 9.88 Å². The first kappa shape index (κ1) is 13.2. The van der Waals surface area contributed by atoms with E-state index in [0.29, 0.717) is 12.3 Å². The number of hydrogen-bond donors (Lipinski definition) is 1. The monoisotopic (exact) mass is 270 g/mol. The van der Waals surface area contributed by atoms with Gasteiger partial charge in [-0.15, -0.1) is 0 Å². The second-order valence-corrected chi connectivity index (χ2v) is 6.14. The molecule has 1 N–H and O–H groups in total. The third-order valence-electron chi connectivity index (χ3n) is 4.18. The topological polar surface area (TPSA) is 36.1 Å². The zero-order valence-electron chi connectivity index (χ0n) is 12.3. The van der Waals surface area contributed by atoms with Crippen molar-refractivity contribution < 1.29 is 4.79 Å². The van der Waals surface area contributed by atoms with Gasteiger partial charge in [-0.05, 0) is 54.8 Å². The molecular weight excluding hydrogens is 248 g/mol. The molecule has 1 aromatic carbocycles. The number of hydrogen-bond acceptors (Lipinski definition) is 1. The Morgan fingerprint density at radius 2 is 2.25 bits per heavy atom. The number of carbonyl (C=O) groups is 1. The molecule has 0 saturated carbocycles. The molecule has 20 heavy (non-hydrogen) atoms. The summed E-state index contributed by atoms with van der Waals surface area (Å²) < 4.78 is 0. The molecule has 2 aromatic rings. The Bertz CT molecular complexity index is 629. The van der Waals surface area contributed by atoms with Gasteiger partial charge in [0.2, 0.25) is 5.91 Å². The SMILES string of the molecule is Cc1cc2cc(CC(=O)N3CCCC(C)C3)ccc2[nH]1. The van der Waals surface area contributed by atoms with Crippen LogP contribution in [0.4, 0.5) is 0 Å². The molecule has 1 fully saturated rings. The number of benzene rings is 1. The third kappa shape index (κ3) is 2.72. The highest BCUT2D eigenvalue weighted by Gasteiger charge is 2.20. The van der Waals surface area contributed by atoms with E-state index in [1.165, 1.54) is 11.8 Å². The van der Waals surface area contributed by atoms with Crippen molar-refractivity contribution in [2.24, 2.45) is 5.92 Å². The minimum atomic E-state index is 0.267. The number of aromatic nitrogens is 1. The highest BCUT2D eigenvalue weighted by Crippen LogP contribution is 2.19. The van der Waals surface area contributed by atoms with Gasteiger partial charge in [0, 0.05) is 24.3 Å². The molecule has 0 spiro atoms. The molecule has 0 bridgehead atoms. The number of fused-ring (bicyclic) bond motifs is 1. The number of nitrogens with zero attached hydrogens (tertiary/aromatic N) is 1. The first-order chi connectivity index (χ1) is 9.61. The van der Waals surface area contributed by atoms with Crippen LogP contribution in [-0.4, -0.2) is 28.9 Å². The van der Waals surface area contributed by atoms with Gasteiger partial charge in [-0.1, -0.05) is 13.0 Å². The summed E-state index contributed by atoms with van der Waals surface area (Å²) in [6.07, 6.45) is 2.91. The summed E-state index contributed by atoms with van der Waals surface area (Å²) in [5.41, 5.74) is 3.42. The van der Waals surface area contributed by atoms with Crippen LogP contribution in [0.5, 0.6) is 0 Å². The van der Waals surface area contributed by atoms with Gasteiger partial charge in [0.05, 0.1) is 6.42 Å². The standard InChI is InChI=1S/C17H22N2O/c1-12-4-3-7-19(11-12)17(20)10-14-5-6-16-15(9-14)8-13(2)18-16/h5-6,8-9,12,18H,3-4,7,10-11H2,1-2H3. The van der Waals surface area contributed by atoms with Crippen molar-refractivity contribution in [3.05, 3.63) is 35.5 Å². The number of aryl methyl sites for hydroxylation is 1. The molecule has 1 amide bonds. The molecule has 2 heterocycles. The number of piperidine rings is 1. The molecule has 1 atom stereocenters. The van der Waals surface area contributed by atoms with Crippen LogP contribution in [0.15, 0.2) is 24.3 Å². The molecular formula is C17H22N2O. The van der Waals surface area contributed by atoms with E-state index >= 15 is 0 Å². The van der Waals surface area contributed by atoms with Crippen LogP contribution in [0.2, 0.25) is 0 Å². The smallest absolute Gasteiger partial charge is 0.226 e. The van der Waals surface area contributed by atoms with Gasteiger partial charge in [-0.3, -0.25) is 4.79 Å². The van der Waals surface area contributed by atoms with Gasteiger partial charge >= 0.3 is 0 Å². The quantitative estimate of drug-likeness (QED) is 0.893. The van der Waals surface area contributed by atoms with Crippen LogP contribution in [0.1, 0.15) is 31.0 Å². The minimum absolute atomic E-state index is 0.267. The second kappa shape index (κ2) is 5.31. The molecule has 1 aromatic heterocycles. The Morgan fingerprint density at radius 3 is 3.05 bits per heavy atom. The van der Waals surface area contributed by atoms with E-state index in [9.17, 15) is 4.79 Å². The number of carbonyl (C=O) groups excluding carboxylic acids is 1.